The molecule has 0 atom stereocenters. The molecule has 1 saturated heterocycles. The molecule has 2 aliphatic heterocycles. The average Bonchev–Trinajstić information content (AvgIpc) is 2.94. The minimum atomic E-state index is 0.370. The second-order valence-electron chi connectivity index (χ2n) is 8.74. The van der Waals surface area contributed by atoms with Crippen LogP contribution in [0.2, 0.25) is 0 Å². The summed E-state index contributed by atoms with van der Waals surface area (Å²) < 4.78 is 2.54. The van der Waals surface area contributed by atoms with Gasteiger partial charge in [0, 0.05) is 33.7 Å². The van der Waals surface area contributed by atoms with Crippen LogP contribution >= 0.6 is 11.8 Å². The number of nitrogens with zero attached hydrogens (tertiary/aromatic N) is 2. The van der Waals surface area contributed by atoms with E-state index in [1.165, 1.54) is 90.8 Å². The number of phenols is 1. The predicted molar refractivity (Wildman–Crippen MR) is 128 cm³/mol. The van der Waals surface area contributed by atoms with Crippen molar-refractivity contribution in [2.45, 2.75) is 56.4 Å². The van der Waals surface area contributed by atoms with Crippen molar-refractivity contribution in [2.24, 2.45) is 0 Å². The number of likely N-dealkylation sites (tertiary alicyclic amines) is 1. The van der Waals surface area contributed by atoms with E-state index in [9.17, 15) is 5.11 Å². The summed E-state index contributed by atoms with van der Waals surface area (Å²) in [5, 5.41) is 11.4. The first-order valence-corrected chi connectivity index (χ1v) is 12.6. The first kappa shape index (κ1) is 20.0. The van der Waals surface area contributed by atoms with E-state index in [4.69, 9.17) is 0 Å². The number of piperidine rings is 1. The van der Waals surface area contributed by atoms with Crippen molar-refractivity contribution in [1.29, 1.82) is 0 Å². The maximum absolute atomic E-state index is 10.2. The van der Waals surface area contributed by atoms with Crippen molar-refractivity contribution in [3.05, 3.63) is 48.0 Å². The van der Waals surface area contributed by atoms with Gasteiger partial charge in [-0.3, -0.25) is 0 Å². The Morgan fingerprint density at radius 1 is 0.900 bits per heavy atom. The lowest BCUT2D eigenvalue weighted by molar-refractivity contribution is 0.224. The van der Waals surface area contributed by atoms with E-state index in [1.54, 1.807) is 0 Å². The number of hydrogen-bond donors (Lipinski definition) is 1. The van der Waals surface area contributed by atoms with E-state index >= 15 is 0 Å². The predicted octanol–water partition coefficient (Wildman–Crippen LogP) is 6.32. The Morgan fingerprint density at radius 3 is 2.63 bits per heavy atom. The molecule has 0 amide bonds. The molecule has 0 unspecified atom stereocenters. The Hall–Kier alpha value is -1.91. The lowest BCUT2D eigenvalue weighted by Gasteiger charge is -2.26. The molecule has 3 nitrogen and oxygen atoms in total. The van der Waals surface area contributed by atoms with Gasteiger partial charge in [0.2, 0.25) is 0 Å². The fraction of sp³-hybridized carbons (Fsp3) is 0.462. The molecule has 5 rings (SSSR count). The largest absolute Gasteiger partial charge is 0.508 e. The van der Waals surface area contributed by atoms with Gasteiger partial charge < -0.3 is 14.6 Å². The average molecular weight is 421 g/mol. The highest BCUT2D eigenvalue weighted by atomic mass is 32.2. The maximum Gasteiger partial charge on any atom is 0.116 e. The van der Waals surface area contributed by atoms with Crippen LogP contribution in [0.5, 0.6) is 5.75 Å². The van der Waals surface area contributed by atoms with Crippen molar-refractivity contribution < 1.29 is 5.11 Å². The van der Waals surface area contributed by atoms with Gasteiger partial charge in [-0.05, 0) is 81.6 Å². The van der Waals surface area contributed by atoms with Crippen molar-refractivity contribution in [2.75, 3.05) is 25.4 Å². The number of aromatic nitrogens is 1. The Kier molecular flexibility index (Phi) is 6.05. The van der Waals surface area contributed by atoms with Crippen LogP contribution in [0.15, 0.2) is 47.4 Å². The van der Waals surface area contributed by atoms with Crippen LogP contribution in [-0.2, 0) is 13.0 Å². The van der Waals surface area contributed by atoms with Gasteiger partial charge in [-0.1, -0.05) is 31.0 Å². The number of unbranched alkanes of at least 4 members (excludes halogenated alkanes) is 2. The molecule has 0 bridgehead atoms. The van der Waals surface area contributed by atoms with E-state index in [2.05, 4.69) is 39.8 Å². The Bertz CT molecular complexity index is 1020. The Morgan fingerprint density at radius 2 is 1.73 bits per heavy atom. The number of hydrogen-bond acceptors (Lipinski definition) is 3. The molecule has 3 heterocycles. The quantitative estimate of drug-likeness (QED) is 0.473. The zero-order valence-electron chi connectivity index (χ0n) is 17.8. The molecule has 2 aliphatic rings. The number of phenolic OH excluding ortho intramolecular Hbond substituents is 1. The molecule has 0 aliphatic carbocycles. The van der Waals surface area contributed by atoms with Crippen molar-refractivity contribution in [3.63, 3.8) is 0 Å². The minimum Gasteiger partial charge on any atom is -0.508 e. The molecule has 0 radical (unpaired) electrons. The van der Waals surface area contributed by atoms with E-state index < -0.39 is 0 Å². The molecule has 4 heteroatoms. The molecule has 1 N–H and O–H groups in total. The van der Waals surface area contributed by atoms with Crippen molar-refractivity contribution >= 4 is 22.7 Å². The summed E-state index contributed by atoms with van der Waals surface area (Å²) in [4.78, 5) is 4.03. The number of thioether (sulfide) groups is 1. The molecule has 2 aromatic carbocycles. The van der Waals surface area contributed by atoms with Crippen molar-refractivity contribution in [3.8, 4) is 17.0 Å². The van der Waals surface area contributed by atoms with Gasteiger partial charge in [-0.15, -0.1) is 11.8 Å². The fourth-order valence-electron chi connectivity index (χ4n) is 5.22. The highest BCUT2D eigenvalue weighted by molar-refractivity contribution is 7.99. The zero-order chi connectivity index (χ0) is 20.3. The molecule has 0 saturated carbocycles. The first-order valence-electron chi connectivity index (χ1n) is 11.6. The highest BCUT2D eigenvalue weighted by Gasteiger charge is 2.23. The number of aryl methyl sites for hydroxylation is 2. The Balaban J connectivity index is 1.40. The van der Waals surface area contributed by atoms with Gasteiger partial charge in [0.15, 0.2) is 0 Å². The third-order valence-corrected chi connectivity index (χ3v) is 7.78. The summed E-state index contributed by atoms with van der Waals surface area (Å²) >= 11 is 1.96. The fourth-order valence-corrected chi connectivity index (χ4v) is 6.24. The van der Waals surface area contributed by atoms with Gasteiger partial charge in [0.25, 0.3) is 0 Å². The molecule has 158 valence electrons. The van der Waals surface area contributed by atoms with Crippen LogP contribution < -0.4 is 0 Å². The van der Waals surface area contributed by atoms with E-state index in [0.717, 1.165) is 18.7 Å². The van der Waals surface area contributed by atoms with E-state index in [0.29, 0.717) is 5.75 Å². The zero-order valence-corrected chi connectivity index (χ0v) is 18.6. The van der Waals surface area contributed by atoms with Crippen LogP contribution in [-0.4, -0.2) is 40.0 Å². The third kappa shape index (κ3) is 4.00. The lowest BCUT2D eigenvalue weighted by atomic mass is 10.0. The SMILES string of the molecule is Oc1ccc2c(c1)c1c(n2CCCCCN2CCCCC2)-c2ccccc2SCC1. The summed E-state index contributed by atoms with van der Waals surface area (Å²) in [6.45, 7) is 4.91. The van der Waals surface area contributed by atoms with Crippen molar-refractivity contribution in [1.82, 2.24) is 9.47 Å². The third-order valence-electron chi connectivity index (χ3n) is 6.71. The monoisotopic (exact) mass is 420 g/mol. The Labute approximate surface area is 184 Å². The number of aromatic hydroxyl groups is 1. The molecular weight excluding hydrogens is 388 g/mol. The van der Waals surface area contributed by atoms with Gasteiger partial charge in [-0.2, -0.15) is 0 Å². The molecule has 0 spiro atoms. The number of fused-ring (bicyclic) bond motifs is 5. The van der Waals surface area contributed by atoms with Crippen LogP contribution in [0.4, 0.5) is 0 Å². The smallest absolute Gasteiger partial charge is 0.116 e. The first-order chi connectivity index (χ1) is 14.8. The van der Waals surface area contributed by atoms with Gasteiger partial charge >= 0.3 is 0 Å². The normalized spacial score (nSPS) is 16.9. The van der Waals surface area contributed by atoms with Gasteiger partial charge in [0.1, 0.15) is 5.75 Å². The molecule has 1 aromatic heterocycles. The van der Waals surface area contributed by atoms with Crippen LogP contribution in [0.3, 0.4) is 0 Å². The van der Waals surface area contributed by atoms with E-state index in [1.807, 2.05) is 23.9 Å². The second kappa shape index (κ2) is 9.07. The van der Waals surface area contributed by atoms with Crippen LogP contribution in [0.1, 0.15) is 44.1 Å². The van der Waals surface area contributed by atoms with Crippen LogP contribution in [0.25, 0.3) is 22.2 Å². The number of rotatable bonds is 6. The summed E-state index contributed by atoms with van der Waals surface area (Å²) in [7, 11) is 0. The summed E-state index contributed by atoms with van der Waals surface area (Å²) in [5.74, 6) is 1.46. The standard InChI is InChI=1S/C26H32N2OS/c29-20-11-12-24-23(19-20)21-13-18-30-25-10-4-3-9-22(25)26(21)28(24)17-8-2-7-16-27-14-5-1-6-15-27/h3-4,9-12,19,29H,1-2,5-8,13-18H2. The number of benzene rings is 2. The van der Waals surface area contributed by atoms with Gasteiger partial charge in [0.05, 0.1) is 5.69 Å². The maximum atomic E-state index is 10.2. The summed E-state index contributed by atoms with van der Waals surface area (Å²) in [6.07, 6.45) is 9.01. The lowest BCUT2D eigenvalue weighted by Crippen LogP contribution is -2.30. The summed E-state index contributed by atoms with van der Waals surface area (Å²) in [5.41, 5.74) is 5.42. The summed E-state index contributed by atoms with van der Waals surface area (Å²) in [6, 6.07) is 14.8. The molecular formula is C26H32N2OS. The second-order valence-corrected chi connectivity index (χ2v) is 9.87. The van der Waals surface area contributed by atoms with E-state index in [-0.39, 0.29) is 0 Å². The molecule has 1 fully saturated rings. The van der Waals surface area contributed by atoms with Crippen LogP contribution in [0, 0.1) is 0 Å². The highest BCUT2D eigenvalue weighted by Crippen LogP contribution is 2.43. The molecule has 3 aromatic rings. The minimum absolute atomic E-state index is 0.370. The molecule has 30 heavy (non-hydrogen) atoms. The topological polar surface area (TPSA) is 28.4 Å². The van der Waals surface area contributed by atoms with Gasteiger partial charge in [-0.25, -0.2) is 0 Å².